The summed E-state index contributed by atoms with van der Waals surface area (Å²) >= 11 is 0. The minimum Gasteiger partial charge on any atom is -0.359 e. The number of hydrogen-bond acceptors (Lipinski definition) is 1. The van der Waals surface area contributed by atoms with Crippen molar-refractivity contribution in [2.75, 3.05) is 7.05 Å². The third-order valence-corrected chi connectivity index (χ3v) is 2.70. The Morgan fingerprint density at radius 3 is 2.19 bits per heavy atom. The van der Waals surface area contributed by atoms with Crippen molar-refractivity contribution in [1.29, 1.82) is 0 Å². The van der Waals surface area contributed by atoms with E-state index >= 15 is 0 Å². The second-order valence-electron chi connectivity index (χ2n) is 4.12. The van der Waals surface area contributed by atoms with Gasteiger partial charge in [-0.1, -0.05) is 35.9 Å². The Morgan fingerprint density at radius 2 is 1.75 bits per heavy atom. The highest BCUT2D eigenvalue weighted by atomic mass is 16.1. The first-order chi connectivity index (χ1) is 7.57. The summed E-state index contributed by atoms with van der Waals surface area (Å²) < 4.78 is 0. The van der Waals surface area contributed by atoms with Gasteiger partial charge in [-0.25, -0.2) is 0 Å². The molecule has 1 N–H and O–H groups in total. The monoisotopic (exact) mass is 217 g/mol. The van der Waals surface area contributed by atoms with E-state index in [9.17, 15) is 4.79 Å². The van der Waals surface area contributed by atoms with Crippen molar-refractivity contribution in [2.45, 2.75) is 20.8 Å². The van der Waals surface area contributed by atoms with Crippen molar-refractivity contribution in [2.24, 2.45) is 5.92 Å². The molecule has 1 atom stereocenters. The minimum absolute atomic E-state index is 0.0556. The highest BCUT2D eigenvalue weighted by Crippen LogP contribution is 2.26. The summed E-state index contributed by atoms with van der Waals surface area (Å²) in [6.07, 6.45) is 0. The Labute approximate surface area is 97.4 Å². The van der Waals surface area contributed by atoms with E-state index in [0.29, 0.717) is 0 Å². The molecule has 16 heavy (non-hydrogen) atoms. The maximum absolute atomic E-state index is 11.7. The summed E-state index contributed by atoms with van der Waals surface area (Å²) in [7, 11) is 1.67. The van der Waals surface area contributed by atoms with Crippen molar-refractivity contribution < 1.29 is 4.79 Å². The maximum atomic E-state index is 11.7. The van der Waals surface area contributed by atoms with E-state index in [2.05, 4.69) is 5.32 Å². The molecule has 1 aromatic carbocycles. The molecule has 0 aromatic heterocycles. The zero-order chi connectivity index (χ0) is 12.1. The normalized spacial score (nSPS) is 11.8. The zero-order valence-electron chi connectivity index (χ0n) is 10.4. The lowest BCUT2D eigenvalue weighted by molar-refractivity contribution is -0.122. The quantitative estimate of drug-likeness (QED) is 0.828. The molecule has 1 unspecified atom stereocenters. The van der Waals surface area contributed by atoms with E-state index in [1.807, 2.05) is 51.1 Å². The molecule has 0 bridgehead atoms. The molecule has 0 aliphatic rings. The molecule has 2 nitrogen and oxygen atoms in total. The molecule has 0 aliphatic heterocycles. The van der Waals surface area contributed by atoms with Crippen LogP contribution in [0.5, 0.6) is 0 Å². The van der Waals surface area contributed by atoms with Gasteiger partial charge in [-0.05, 0) is 31.9 Å². The van der Waals surface area contributed by atoms with Crippen LogP contribution in [0.1, 0.15) is 26.3 Å². The van der Waals surface area contributed by atoms with E-state index in [4.69, 9.17) is 0 Å². The van der Waals surface area contributed by atoms with Crippen molar-refractivity contribution in [1.82, 2.24) is 5.32 Å². The highest BCUT2D eigenvalue weighted by Gasteiger charge is 2.18. The molecule has 86 valence electrons. The van der Waals surface area contributed by atoms with Gasteiger partial charge in [0.15, 0.2) is 0 Å². The fourth-order valence-corrected chi connectivity index (χ4v) is 1.94. The molecule has 0 saturated carbocycles. The predicted molar refractivity (Wildman–Crippen MR) is 67.9 cm³/mol. The van der Waals surface area contributed by atoms with Gasteiger partial charge in [0, 0.05) is 7.05 Å². The average molecular weight is 217 g/mol. The Morgan fingerprint density at radius 1 is 1.19 bits per heavy atom. The Kier molecular flexibility index (Phi) is 4.29. The third kappa shape index (κ3) is 2.72. The molecule has 0 spiro atoms. The highest BCUT2D eigenvalue weighted by molar-refractivity contribution is 5.92. The number of allylic oxidation sites excluding steroid dienone is 1. The standard InChI is InChI=1S/C14H19NO/c1-10(2)13(11(3)14(16)15-4)12-8-6-5-7-9-12/h5-9,11H,1-4H3,(H,15,16). The number of nitrogens with one attached hydrogen (secondary N) is 1. The molecular formula is C14H19NO. The molecule has 1 rings (SSSR count). The number of carbonyl (C=O) groups is 1. The van der Waals surface area contributed by atoms with Crippen LogP contribution >= 0.6 is 0 Å². The molecule has 1 aromatic rings. The lowest BCUT2D eigenvalue weighted by atomic mass is 9.90. The Bertz CT molecular complexity index is 388. The van der Waals surface area contributed by atoms with E-state index in [0.717, 1.165) is 11.1 Å². The van der Waals surface area contributed by atoms with E-state index in [1.54, 1.807) is 7.05 Å². The van der Waals surface area contributed by atoms with Crippen LogP contribution in [-0.2, 0) is 4.79 Å². The van der Waals surface area contributed by atoms with Crippen LogP contribution in [0.3, 0.4) is 0 Å². The van der Waals surface area contributed by atoms with Crippen LogP contribution in [0.2, 0.25) is 0 Å². The van der Waals surface area contributed by atoms with Gasteiger partial charge in [-0.2, -0.15) is 0 Å². The number of carbonyl (C=O) groups excluding carboxylic acids is 1. The van der Waals surface area contributed by atoms with Gasteiger partial charge in [0.05, 0.1) is 5.92 Å². The zero-order valence-corrected chi connectivity index (χ0v) is 10.4. The summed E-state index contributed by atoms with van der Waals surface area (Å²) in [4.78, 5) is 11.7. The second kappa shape index (κ2) is 5.50. The van der Waals surface area contributed by atoms with E-state index in [1.165, 1.54) is 5.57 Å². The van der Waals surface area contributed by atoms with Crippen LogP contribution in [0.4, 0.5) is 0 Å². The Balaban J connectivity index is 3.13. The minimum atomic E-state index is -0.114. The number of rotatable bonds is 3. The van der Waals surface area contributed by atoms with Crippen molar-refractivity contribution in [3.63, 3.8) is 0 Å². The van der Waals surface area contributed by atoms with Gasteiger partial charge in [-0.15, -0.1) is 0 Å². The molecule has 0 heterocycles. The molecule has 0 radical (unpaired) electrons. The molecule has 1 amide bonds. The number of benzene rings is 1. The van der Waals surface area contributed by atoms with Gasteiger partial charge in [0.1, 0.15) is 0 Å². The fraction of sp³-hybridized carbons (Fsp3) is 0.357. The summed E-state index contributed by atoms with van der Waals surface area (Å²) in [5.41, 5.74) is 3.42. The maximum Gasteiger partial charge on any atom is 0.227 e. The third-order valence-electron chi connectivity index (χ3n) is 2.70. The Hall–Kier alpha value is -1.57. The van der Waals surface area contributed by atoms with Gasteiger partial charge in [0.25, 0.3) is 0 Å². The van der Waals surface area contributed by atoms with Gasteiger partial charge < -0.3 is 5.32 Å². The molecule has 0 fully saturated rings. The van der Waals surface area contributed by atoms with Crippen molar-refractivity contribution in [3.05, 3.63) is 41.5 Å². The van der Waals surface area contributed by atoms with Crippen LogP contribution < -0.4 is 5.32 Å². The lowest BCUT2D eigenvalue weighted by Crippen LogP contribution is -2.26. The summed E-state index contributed by atoms with van der Waals surface area (Å²) in [5.74, 6) is -0.0579. The van der Waals surface area contributed by atoms with Crippen LogP contribution in [-0.4, -0.2) is 13.0 Å². The topological polar surface area (TPSA) is 29.1 Å². The predicted octanol–water partition coefficient (Wildman–Crippen LogP) is 2.86. The van der Waals surface area contributed by atoms with Crippen molar-refractivity contribution >= 4 is 11.5 Å². The van der Waals surface area contributed by atoms with E-state index in [-0.39, 0.29) is 11.8 Å². The molecular weight excluding hydrogens is 198 g/mol. The summed E-state index contributed by atoms with van der Waals surface area (Å²) in [5, 5.41) is 2.70. The van der Waals surface area contributed by atoms with Gasteiger partial charge >= 0.3 is 0 Å². The molecule has 0 aliphatic carbocycles. The van der Waals surface area contributed by atoms with Crippen LogP contribution in [0, 0.1) is 5.92 Å². The smallest absolute Gasteiger partial charge is 0.227 e. The largest absolute Gasteiger partial charge is 0.359 e. The van der Waals surface area contributed by atoms with Crippen LogP contribution in [0.25, 0.3) is 5.57 Å². The van der Waals surface area contributed by atoms with Gasteiger partial charge in [-0.3, -0.25) is 4.79 Å². The molecule has 0 saturated heterocycles. The van der Waals surface area contributed by atoms with E-state index < -0.39 is 0 Å². The lowest BCUT2D eigenvalue weighted by Gasteiger charge is -2.17. The first-order valence-electron chi connectivity index (χ1n) is 5.52. The first kappa shape index (κ1) is 12.5. The van der Waals surface area contributed by atoms with Gasteiger partial charge in [0.2, 0.25) is 5.91 Å². The number of hydrogen-bond donors (Lipinski definition) is 1. The summed E-state index contributed by atoms with van der Waals surface area (Å²) in [6.45, 7) is 6.03. The summed E-state index contributed by atoms with van der Waals surface area (Å²) in [6, 6.07) is 10.1. The van der Waals surface area contributed by atoms with Crippen LogP contribution in [0.15, 0.2) is 35.9 Å². The average Bonchev–Trinajstić information content (AvgIpc) is 2.29. The first-order valence-corrected chi connectivity index (χ1v) is 5.52. The second-order valence-corrected chi connectivity index (χ2v) is 4.12. The fourth-order valence-electron chi connectivity index (χ4n) is 1.94. The molecule has 2 heteroatoms. The van der Waals surface area contributed by atoms with Crippen molar-refractivity contribution in [3.8, 4) is 0 Å². The SMILES string of the molecule is CNC(=O)C(C)C(=C(C)C)c1ccccc1. The number of amides is 1.